The molecule has 0 fully saturated rings. The van der Waals surface area contributed by atoms with Crippen molar-refractivity contribution in [2.75, 3.05) is 0 Å². The maximum Gasteiger partial charge on any atom is 0.490 e. The van der Waals surface area contributed by atoms with E-state index in [0.717, 1.165) is 27.9 Å². The number of sulfonamides is 1. The van der Waals surface area contributed by atoms with Gasteiger partial charge in [0, 0.05) is 29.9 Å². The summed E-state index contributed by atoms with van der Waals surface area (Å²) in [6, 6.07) is 19.5. The number of nitriles is 1. The van der Waals surface area contributed by atoms with E-state index in [2.05, 4.69) is 30.8 Å². The second-order valence-corrected chi connectivity index (χ2v) is 10.5. The molecular formula is C27H22F3N7O4S. The number of carboxylic acid groups (broad SMARTS) is 1. The number of rotatable bonds is 8. The van der Waals surface area contributed by atoms with Gasteiger partial charge in [-0.2, -0.15) is 23.5 Å². The first-order chi connectivity index (χ1) is 20.0. The minimum atomic E-state index is -5.08. The number of aliphatic carboxylic acids is 1. The maximum atomic E-state index is 12.9. The lowest BCUT2D eigenvalue weighted by atomic mass is 10.0. The summed E-state index contributed by atoms with van der Waals surface area (Å²) in [7, 11) is -3.75. The van der Waals surface area contributed by atoms with Gasteiger partial charge in [0.15, 0.2) is 0 Å². The summed E-state index contributed by atoms with van der Waals surface area (Å²) in [6.07, 6.45) is 1.80. The van der Waals surface area contributed by atoms with Crippen LogP contribution in [-0.2, 0) is 21.4 Å². The molecule has 0 saturated heterocycles. The highest BCUT2D eigenvalue weighted by atomic mass is 32.2. The van der Waals surface area contributed by atoms with Crippen molar-refractivity contribution in [3.63, 3.8) is 0 Å². The number of aromatic amines is 1. The van der Waals surface area contributed by atoms with Crippen LogP contribution in [0.25, 0.3) is 22.3 Å². The third kappa shape index (κ3) is 7.16. The van der Waals surface area contributed by atoms with Crippen molar-refractivity contribution < 1.29 is 31.5 Å². The third-order valence-electron chi connectivity index (χ3n) is 5.94. The largest absolute Gasteiger partial charge is 0.490 e. The highest BCUT2D eigenvalue weighted by Crippen LogP contribution is 2.28. The molecule has 0 bridgehead atoms. The molecule has 3 N–H and O–H groups in total. The van der Waals surface area contributed by atoms with Gasteiger partial charge in [-0.1, -0.05) is 42.5 Å². The van der Waals surface area contributed by atoms with E-state index in [1.165, 1.54) is 12.4 Å². The van der Waals surface area contributed by atoms with Gasteiger partial charge in [-0.25, -0.2) is 27.9 Å². The average Bonchev–Trinajstić information content (AvgIpc) is 3.66. The molecule has 1 atom stereocenters. The standard InChI is InChI=1S/C25H21N7O2S.C2HF3O2/c26-11-9-23(32-16-20(15-30-32)24-22-10-12-27-25(22)29-17-28-24)19-7-4-8-21(13-19)35(33,34)31-14-18-5-2-1-3-6-18;3-2(4,5)1(6)7/h1-8,10,12-13,15-17,23,31H,9,14H2,(H,27,28,29);(H,6,7). The van der Waals surface area contributed by atoms with Crippen molar-refractivity contribution in [3.8, 4) is 17.3 Å². The second-order valence-electron chi connectivity index (χ2n) is 8.73. The van der Waals surface area contributed by atoms with Crippen LogP contribution in [0.1, 0.15) is 23.6 Å². The van der Waals surface area contributed by atoms with Crippen molar-refractivity contribution in [1.29, 1.82) is 5.26 Å². The summed E-state index contributed by atoms with van der Waals surface area (Å²) in [5, 5.41) is 22.0. The summed E-state index contributed by atoms with van der Waals surface area (Å²) in [6.45, 7) is 0.185. The molecular weight excluding hydrogens is 575 g/mol. The summed E-state index contributed by atoms with van der Waals surface area (Å²) in [4.78, 5) is 20.7. The molecule has 42 heavy (non-hydrogen) atoms. The number of carboxylic acids is 1. The summed E-state index contributed by atoms with van der Waals surface area (Å²) in [5.74, 6) is -2.76. The molecule has 0 aliphatic carbocycles. The summed E-state index contributed by atoms with van der Waals surface area (Å²) >= 11 is 0. The smallest absolute Gasteiger partial charge is 0.475 e. The van der Waals surface area contributed by atoms with Crippen LogP contribution in [0.5, 0.6) is 0 Å². The number of aromatic nitrogens is 5. The highest BCUT2D eigenvalue weighted by Gasteiger charge is 2.38. The minimum absolute atomic E-state index is 0.116. The Balaban J connectivity index is 0.000000517. The SMILES string of the molecule is N#CCC(c1cccc(S(=O)(=O)NCc2ccccc2)c1)n1cc(-c2ncnc3[nH]ccc23)cn1.O=C(O)C(F)(F)F. The first kappa shape index (κ1) is 29.9. The summed E-state index contributed by atoms with van der Waals surface area (Å²) in [5.41, 5.74) is 3.74. The number of nitrogens with zero attached hydrogens (tertiary/aromatic N) is 5. The van der Waals surface area contributed by atoms with Crippen molar-refractivity contribution in [3.05, 3.63) is 96.7 Å². The van der Waals surface area contributed by atoms with Gasteiger partial charge < -0.3 is 10.1 Å². The fourth-order valence-electron chi connectivity index (χ4n) is 3.93. The Labute approximate surface area is 237 Å². The predicted molar refractivity (Wildman–Crippen MR) is 144 cm³/mol. The molecule has 0 amide bonds. The number of halogens is 3. The van der Waals surface area contributed by atoms with Crippen molar-refractivity contribution in [2.24, 2.45) is 0 Å². The molecule has 0 saturated carbocycles. The third-order valence-corrected chi connectivity index (χ3v) is 7.34. The minimum Gasteiger partial charge on any atom is -0.475 e. The van der Waals surface area contributed by atoms with E-state index in [4.69, 9.17) is 9.90 Å². The van der Waals surface area contributed by atoms with E-state index < -0.39 is 28.2 Å². The molecule has 1 unspecified atom stereocenters. The van der Waals surface area contributed by atoms with Crippen molar-refractivity contribution in [1.82, 2.24) is 29.5 Å². The van der Waals surface area contributed by atoms with Crippen LogP contribution in [0.3, 0.4) is 0 Å². The number of nitrogens with one attached hydrogen (secondary N) is 2. The van der Waals surface area contributed by atoms with E-state index in [1.54, 1.807) is 35.3 Å². The van der Waals surface area contributed by atoms with Gasteiger partial charge in [0.2, 0.25) is 10.0 Å². The number of H-pyrrole nitrogens is 1. The Morgan fingerprint density at radius 3 is 2.55 bits per heavy atom. The van der Waals surface area contributed by atoms with Gasteiger partial charge in [-0.3, -0.25) is 4.68 Å². The zero-order chi connectivity index (χ0) is 30.3. The van der Waals surface area contributed by atoms with Crippen LogP contribution in [0.2, 0.25) is 0 Å². The fourth-order valence-corrected chi connectivity index (χ4v) is 5.00. The molecule has 216 valence electrons. The lowest BCUT2D eigenvalue weighted by Crippen LogP contribution is -2.23. The van der Waals surface area contributed by atoms with Gasteiger partial charge in [0.05, 0.1) is 35.3 Å². The zero-order valence-corrected chi connectivity index (χ0v) is 22.3. The molecule has 3 aromatic heterocycles. The van der Waals surface area contributed by atoms with Gasteiger partial charge >= 0.3 is 12.1 Å². The predicted octanol–water partition coefficient (Wildman–Crippen LogP) is 4.44. The van der Waals surface area contributed by atoms with Crippen LogP contribution in [0.15, 0.2) is 90.5 Å². The zero-order valence-electron chi connectivity index (χ0n) is 21.5. The van der Waals surface area contributed by atoms with E-state index in [0.29, 0.717) is 5.56 Å². The maximum absolute atomic E-state index is 12.9. The van der Waals surface area contributed by atoms with Gasteiger partial charge in [0.25, 0.3) is 0 Å². The van der Waals surface area contributed by atoms with Crippen LogP contribution < -0.4 is 4.72 Å². The quantitative estimate of drug-likeness (QED) is 0.236. The van der Waals surface area contributed by atoms with Gasteiger partial charge in [-0.15, -0.1) is 0 Å². The van der Waals surface area contributed by atoms with Crippen molar-refractivity contribution >= 4 is 27.0 Å². The molecule has 0 radical (unpaired) electrons. The van der Waals surface area contributed by atoms with Crippen LogP contribution in [-0.4, -0.2) is 50.4 Å². The van der Waals surface area contributed by atoms with Gasteiger partial charge in [-0.05, 0) is 29.3 Å². The molecule has 15 heteroatoms. The lowest BCUT2D eigenvalue weighted by Gasteiger charge is -2.16. The van der Waals surface area contributed by atoms with E-state index in [9.17, 15) is 26.9 Å². The van der Waals surface area contributed by atoms with E-state index >= 15 is 0 Å². The topological polar surface area (TPSA) is 167 Å². The second kappa shape index (κ2) is 12.6. The molecule has 2 aromatic carbocycles. The fraction of sp³-hybridized carbons (Fsp3) is 0.148. The summed E-state index contributed by atoms with van der Waals surface area (Å²) < 4.78 is 61.9. The van der Waals surface area contributed by atoms with Crippen molar-refractivity contribution in [2.45, 2.75) is 30.1 Å². The number of fused-ring (bicyclic) bond motifs is 1. The lowest BCUT2D eigenvalue weighted by molar-refractivity contribution is -0.192. The Kier molecular flexibility index (Phi) is 8.99. The molecule has 3 heterocycles. The number of hydrogen-bond acceptors (Lipinski definition) is 7. The molecule has 0 aliphatic rings. The van der Waals surface area contributed by atoms with Crippen LogP contribution in [0, 0.1) is 11.3 Å². The first-order valence-electron chi connectivity index (χ1n) is 12.1. The number of alkyl halides is 3. The highest BCUT2D eigenvalue weighted by molar-refractivity contribution is 7.89. The molecule has 11 nitrogen and oxygen atoms in total. The van der Waals surface area contributed by atoms with Crippen LogP contribution in [0.4, 0.5) is 13.2 Å². The monoisotopic (exact) mass is 597 g/mol. The molecule has 5 aromatic rings. The molecule has 5 rings (SSSR count). The molecule has 0 spiro atoms. The average molecular weight is 598 g/mol. The number of hydrogen-bond donors (Lipinski definition) is 3. The number of benzene rings is 2. The normalized spacial score (nSPS) is 12.2. The number of carbonyl (C=O) groups is 1. The van der Waals surface area contributed by atoms with Gasteiger partial charge in [0.1, 0.15) is 12.0 Å². The van der Waals surface area contributed by atoms with E-state index in [1.807, 2.05) is 42.6 Å². The Hall–Kier alpha value is -5.07. The Morgan fingerprint density at radius 2 is 1.86 bits per heavy atom. The molecule has 0 aliphatic heterocycles. The Bertz CT molecular complexity index is 1830. The van der Waals surface area contributed by atoms with E-state index in [-0.39, 0.29) is 17.9 Å². The first-order valence-corrected chi connectivity index (χ1v) is 13.6. The van der Waals surface area contributed by atoms with Crippen LogP contribution >= 0.6 is 0 Å². The Morgan fingerprint density at radius 1 is 1.12 bits per heavy atom.